The minimum atomic E-state index is -2.82. The normalized spacial score (nSPS) is 12.4. The third-order valence-corrected chi connectivity index (χ3v) is 3.16. The summed E-state index contributed by atoms with van der Waals surface area (Å²) in [6.07, 6.45) is 1.80. The van der Waals surface area contributed by atoms with Gasteiger partial charge in [-0.3, -0.25) is 4.98 Å². The molecule has 1 atom stereocenters. The summed E-state index contributed by atoms with van der Waals surface area (Å²) in [6, 6.07) is 10.6. The van der Waals surface area contributed by atoms with Gasteiger partial charge >= 0.3 is 6.61 Å². The molecule has 0 saturated carbocycles. The zero-order chi connectivity index (χ0) is 15.2. The standard InChI is InChI=1S/C16H18F2N2O/c1-11-7-8-13(20-9-11)10-19-12(2)14-5-3-4-6-15(14)21-16(17)18/h3-9,12,16,19H,10H2,1-2H3. The molecule has 21 heavy (non-hydrogen) atoms. The Morgan fingerprint density at radius 1 is 1.19 bits per heavy atom. The van der Waals surface area contributed by atoms with Crippen LogP contribution in [-0.2, 0) is 6.54 Å². The molecule has 1 unspecified atom stereocenters. The van der Waals surface area contributed by atoms with Gasteiger partial charge < -0.3 is 10.1 Å². The molecule has 0 amide bonds. The van der Waals surface area contributed by atoms with Crippen LogP contribution in [0.5, 0.6) is 5.75 Å². The molecule has 5 heteroatoms. The fourth-order valence-corrected chi connectivity index (χ4v) is 2.01. The van der Waals surface area contributed by atoms with Gasteiger partial charge in [0.25, 0.3) is 0 Å². The van der Waals surface area contributed by atoms with E-state index in [4.69, 9.17) is 0 Å². The number of hydrogen-bond acceptors (Lipinski definition) is 3. The maximum atomic E-state index is 12.4. The predicted molar refractivity (Wildman–Crippen MR) is 77.3 cm³/mol. The monoisotopic (exact) mass is 292 g/mol. The van der Waals surface area contributed by atoms with Crippen LogP contribution in [0.1, 0.15) is 29.8 Å². The van der Waals surface area contributed by atoms with Crippen LogP contribution in [0.25, 0.3) is 0 Å². The number of benzene rings is 1. The molecule has 0 aliphatic carbocycles. The highest BCUT2D eigenvalue weighted by atomic mass is 19.3. The van der Waals surface area contributed by atoms with Crippen molar-refractivity contribution in [2.24, 2.45) is 0 Å². The Labute approximate surface area is 123 Å². The van der Waals surface area contributed by atoms with E-state index >= 15 is 0 Å². The van der Waals surface area contributed by atoms with Gasteiger partial charge in [-0.1, -0.05) is 24.3 Å². The summed E-state index contributed by atoms with van der Waals surface area (Å²) in [5, 5.41) is 3.26. The average Bonchev–Trinajstić information content (AvgIpc) is 2.46. The van der Waals surface area contributed by atoms with Gasteiger partial charge in [-0.25, -0.2) is 0 Å². The van der Waals surface area contributed by atoms with E-state index in [2.05, 4.69) is 15.0 Å². The van der Waals surface area contributed by atoms with Crippen LogP contribution in [0.2, 0.25) is 0 Å². The summed E-state index contributed by atoms with van der Waals surface area (Å²) in [7, 11) is 0. The molecule has 112 valence electrons. The van der Waals surface area contributed by atoms with Crippen LogP contribution >= 0.6 is 0 Å². The molecule has 1 heterocycles. The van der Waals surface area contributed by atoms with E-state index in [1.807, 2.05) is 26.0 Å². The first-order valence-electron chi connectivity index (χ1n) is 6.75. The number of pyridine rings is 1. The Morgan fingerprint density at radius 2 is 1.95 bits per heavy atom. The summed E-state index contributed by atoms with van der Waals surface area (Å²) in [4.78, 5) is 4.30. The summed E-state index contributed by atoms with van der Waals surface area (Å²) < 4.78 is 29.3. The lowest BCUT2D eigenvalue weighted by atomic mass is 10.1. The smallest absolute Gasteiger partial charge is 0.387 e. The van der Waals surface area contributed by atoms with Crippen LogP contribution in [0.4, 0.5) is 8.78 Å². The first kappa shape index (κ1) is 15.4. The number of hydrogen-bond donors (Lipinski definition) is 1. The van der Waals surface area contributed by atoms with E-state index in [1.165, 1.54) is 0 Å². The zero-order valence-electron chi connectivity index (χ0n) is 12.0. The molecule has 0 radical (unpaired) electrons. The van der Waals surface area contributed by atoms with Crippen molar-refractivity contribution in [1.29, 1.82) is 0 Å². The third-order valence-electron chi connectivity index (χ3n) is 3.16. The Morgan fingerprint density at radius 3 is 2.62 bits per heavy atom. The molecule has 0 spiro atoms. The molecule has 3 nitrogen and oxygen atoms in total. The molecule has 1 aromatic carbocycles. The van der Waals surface area contributed by atoms with Gasteiger partial charge in [0.1, 0.15) is 5.75 Å². The first-order chi connectivity index (χ1) is 10.1. The number of alkyl halides is 2. The molecule has 0 aliphatic rings. The maximum Gasteiger partial charge on any atom is 0.387 e. The largest absolute Gasteiger partial charge is 0.434 e. The van der Waals surface area contributed by atoms with Crippen molar-refractivity contribution >= 4 is 0 Å². The summed E-state index contributed by atoms with van der Waals surface area (Å²) >= 11 is 0. The minimum Gasteiger partial charge on any atom is -0.434 e. The van der Waals surface area contributed by atoms with E-state index in [1.54, 1.807) is 30.5 Å². The number of aryl methyl sites for hydroxylation is 1. The molecule has 0 saturated heterocycles. The van der Waals surface area contributed by atoms with Crippen LogP contribution in [-0.4, -0.2) is 11.6 Å². The Kier molecular flexibility index (Phi) is 5.22. The van der Waals surface area contributed by atoms with Crippen molar-refractivity contribution in [2.75, 3.05) is 0 Å². The van der Waals surface area contributed by atoms with Gasteiger partial charge in [-0.15, -0.1) is 0 Å². The zero-order valence-corrected chi connectivity index (χ0v) is 12.0. The second-order valence-corrected chi connectivity index (χ2v) is 4.85. The van der Waals surface area contributed by atoms with E-state index < -0.39 is 6.61 Å². The molecular formula is C16H18F2N2O. The van der Waals surface area contributed by atoms with Crippen LogP contribution in [0.15, 0.2) is 42.6 Å². The number of rotatable bonds is 6. The lowest BCUT2D eigenvalue weighted by Crippen LogP contribution is -2.20. The Balaban J connectivity index is 2.03. The Hall–Kier alpha value is -2.01. The molecule has 0 aliphatic heterocycles. The molecular weight excluding hydrogens is 274 g/mol. The van der Waals surface area contributed by atoms with Gasteiger partial charge in [0.2, 0.25) is 0 Å². The molecule has 0 bridgehead atoms. The number of nitrogens with zero attached hydrogens (tertiary/aromatic N) is 1. The summed E-state index contributed by atoms with van der Waals surface area (Å²) in [6.45, 7) is 1.62. The van der Waals surface area contributed by atoms with Crippen molar-refractivity contribution in [3.8, 4) is 5.75 Å². The molecule has 1 aromatic heterocycles. The number of para-hydroxylation sites is 1. The van der Waals surface area contributed by atoms with Gasteiger partial charge in [0.05, 0.1) is 5.69 Å². The van der Waals surface area contributed by atoms with E-state index in [9.17, 15) is 8.78 Å². The van der Waals surface area contributed by atoms with Crippen molar-refractivity contribution in [3.63, 3.8) is 0 Å². The van der Waals surface area contributed by atoms with Crippen molar-refractivity contribution in [3.05, 3.63) is 59.4 Å². The quantitative estimate of drug-likeness (QED) is 0.878. The van der Waals surface area contributed by atoms with Crippen LogP contribution in [0.3, 0.4) is 0 Å². The van der Waals surface area contributed by atoms with E-state index in [-0.39, 0.29) is 11.8 Å². The fourth-order valence-electron chi connectivity index (χ4n) is 2.01. The molecule has 1 N–H and O–H groups in total. The second kappa shape index (κ2) is 7.13. The van der Waals surface area contributed by atoms with Crippen LogP contribution in [0, 0.1) is 6.92 Å². The number of nitrogens with one attached hydrogen (secondary N) is 1. The number of aromatic nitrogens is 1. The van der Waals surface area contributed by atoms with Gasteiger partial charge in [0.15, 0.2) is 0 Å². The highest BCUT2D eigenvalue weighted by Gasteiger charge is 2.14. The van der Waals surface area contributed by atoms with Crippen molar-refractivity contribution < 1.29 is 13.5 Å². The van der Waals surface area contributed by atoms with Crippen molar-refractivity contribution in [2.45, 2.75) is 33.0 Å². The first-order valence-corrected chi connectivity index (χ1v) is 6.75. The number of ether oxygens (including phenoxy) is 1. The maximum absolute atomic E-state index is 12.4. The minimum absolute atomic E-state index is 0.122. The van der Waals surface area contributed by atoms with Gasteiger partial charge in [-0.2, -0.15) is 8.78 Å². The van der Waals surface area contributed by atoms with E-state index in [0.717, 1.165) is 11.3 Å². The SMILES string of the molecule is Cc1ccc(CNC(C)c2ccccc2OC(F)F)nc1. The topological polar surface area (TPSA) is 34.1 Å². The molecule has 2 rings (SSSR count). The molecule has 0 fully saturated rings. The Bertz CT molecular complexity index is 573. The predicted octanol–water partition coefficient (Wildman–Crippen LogP) is 3.84. The number of halogens is 2. The second-order valence-electron chi connectivity index (χ2n) is 4.85. The third kappa shape index (κ3) is 4.49. The summed E-state index contributed by atoms with van der Waals surface area (Å²) in [5.41, 5.74) is 2.70. The van der Waals surface area contributed by atoms with Gasteiger partial charge in [-0.05, 0) is 31.5 Å². The lowest BCUT2D eigenvalue weighted by molar-refractivity contribution is -0.0506. The average molecular weight is 292 g/mol. The van der Waals surface area contributed by atoms with Crippen molar-refractivity contribution in [1.82, 2.24) is 10.3 Å². The highest BCUT2D eigenvalue weighted by Crippen LogP contribution is 2.26. The fraction of sp³-hybridized carbons (Fsp3) is 0.312. The summed E-state index contributed by atoms with van der Waals surface area (Å²) in [5.74, 6) is 0.198. The molecule has 2 aromatic rings. The van der Waals surface area contributed by atoms with Gasteiger partial charge in [0, 0.05) is 24.3 Å². The van der Waals surface area contributed by atoms with E-state index in [0.29, 0.717) is 12.1 Å². The lowest BCUT2D eigenvalue weighted by Gasteiger charge is -2.18. The highest BCUT2D eigenvalue weighted by molar-refractivity contribution is 5.35. The van der Waals surface area contributed by atoms with Crippen LogP contribution < -0.4 is 10.1 Å².